The number of hydrazine groups is 1. The minimum absolute atomic E-state index is 0.0159. The van der Waals surface area contributed by atoms with Crippen molar-refractivity contribution in [2.75, 3.05) is 20.8 Å². The molecule has 1 aromatic heterocycles. The van der Waals surface area contributed by atoms with E-state index in [1.807, 2.05) is 25.1 Å². The lowest BCUT2D eigenvalue weighted by atomic mass is 10.1. The van der Waals surface area contributed by atoms with Gasteiger partial charge in [0.05, 0.1) is 13.2 Å². The number of para-hydroxylation sites is 1. The first-order chi connectivity index (χ1) is 11.6. The molecule has 1 aromatic carbocycles. The van der Waals surface area contributed by atoms with E-state index in [1.54, 1.807) is 20.3 Å². The Morgan fingerprint density at radius 2 is 2.00 bits per heavy atom. The fourth-order valence-corrected chi connectivity index (χ4v) is 2.54. The summed E-state index contributed by atoms with van der Waals surface area (Å²) in [5.41, 5.74) is 6.49. The number of ether oxygens (including phenoxy) is 2. The molecule has 7 nitrogen and oxygen atoms in total. The summed E-state index contributed by atoms with van der Waals surface area (Å²) in [6.07, 6.45) is 0. The Balaban J connectivity index is 2.05. The van der Waals surface area contributed by atoms with E-state index in [-0.39, 0.29) is 23.5 Å². The van der Waals surface area contributed by atoms with Gasteiger partial charge in [-0.2, -0.15) is 0 Å². The number of fused-ring (bicyclic) bond motifs is 1. The van der Waals surface area contributed by atoms with Crippen LogP contribution in [0.1, 0.15) is 23.0 Å². The van der Waals surface area contributed by atoms with Crippen LogP contribution in [0.4, 0.5) is 0 Å². The molecule has 0 saturated heterocycles. The molecule has 130 valence electrons. The molecule has 1 heterocycles. The third-order valence-corrected chi connectivity index (χ3v) is 3.50. The molecule has 1 atom stereocenters. The van der Waals surface area contributed by atoms with Crippen molar-refractivity contribution in [3.8, 4) is 0 Å². The maximum Gasteiger partial charge on any atom is 0.305 e. The van der Waals surface area contributed by atoms with Crippen molar-refractivity contribution in [1.29, 1.82) is 0 Å². The summed E-state index contributed by atoms with van der Waals surface area (Å²) in [4.78, 5) is 12.4. The van der Waals surface area contributed by atoms with E-state index in [0.717, 1.165) is 5.39 Å². The van der Waals surface area contributed by atoms with E-state index < -0.39 is 5.91 Å². The van der Waals surface area contributed by atoms with E-state index in [4.69, 9.17) is 26.1 Å². The molecule has 0 unspecified atom stereocenters. The summed E-state index contributed by atoms with van der Waals surface area (Å²) in [6.45, 7) is 2.68. The van der Waals surface area contributed by atoms with Crippen molar-refractivity contribution in [1.82, 2.24) is 16.2 Å². The molecule has 1 amide bonds. The largest absolute Gasteiger partial charge is 0.450 e. The summed E-state index contributed by atoms with van der Waals surface area (Å²) < 4.78 is 15.8. The number of benzene rings is 1. The first-order valence-corrected chi connectivity index (χ1v) is 7.82. The van der Waals surface area contributed by atoms with Crippen LogP contribution in [0.25, 0.3) is 11.0 Å². The van der Waals surface area contributed by atoms with Gasteiger partial charge in [-0.3, -0.25) is 15.6 Å². The standard InChI is InChI=1S/C16H21N3O4S/c1-10(8-21-2)17-16(24)19-18-15(20)14-12(9-22-3)11-6-4-5-7-13(11)23-14/h4-7,10H,8-9H2,1-3H3,(H,18,20)(H2,17,19,24)/t10-/m0/s1. The molecule has 2 aromatic rings. The van der Waals surface area contributed by atoms with Crippen LogP contribution in [0.5, 0.6) is 0 Å². The van der Waals surface area contributed by atoms with Gasteiger partial charge in [-0.05, 0) is 25.2 Å². The highest BCUT2D eigenvalue weighted by Crippen LogP contribution is 2.26. The zero-order chi connectivity index (χ0) is 17.5. The number of rotatable bonds is 6. The van der Waals surface area contributed by atoms with E-state index in [2.05, 4.69) is 16.2 Å². The van der Waals surface area contributed by atoms with Crippen molar-refractivity contribution in [3.63, 3.8) is 0 Å². The summed E-state index contributed by atoms with van der Waals surface area (Å²) in [5.74, 6) is -0.236. The Morgan fingerprint density at radius 1 is 1.25 bits per heavy atom. The number of amides is 1. The van der Waals surface area contributed by atoms with Gasteiger partial charge in [-0.25, -0.2) is 0 Å². The number of furan rings is 1. The van der Waals surface area contributed by atoms with Crippen molar-refractivity contribution < 1.29 is 18.7 Å². The average Bonchev–Trinajstić information content (AvgIpc) is 2.92. The Bertz CT molecular complexity index is 716. The highest BCUT2D eigenvalue weighted by atomic mass is 32.1. The number of hydrogen-bond donors (Lipinski definition) is 3. The van der Waals surface area contributed by atoms with Gasteiger partial charge in [0.2, 0.25) is 0 Å². The van der Waals surface area contributed by atoms with Crippen LogP contribution in [0.3, 0.4) is 0 Å². The van der Waals surface area contributed by atoms with Gasteiger partial charge in [0, 0.05) is 31.2 Å². The van der Waals surface area contributed by atoms with E-state index >= 15 is 0 Å². The molecule has 24 heavy (non-hydrogen) atoms. The number of carbonyl (C=O) groups excluding carboxylic acids is 1. The Morgan fingerprint density at radius 3 is 2.71 bits per heavy atom. The zero-order valence-corrected chi connectivity index (χ0v) is 14.7. The van der Waals surface area contributed by atoms with Crippen LogP contribution < -0.4 is 16.2 Å². The first-order valence-electron chi connectivity index (χ1n) is 7.42. The van der Waals surface area contributed by atoms with Crippen LogP contribution in [0, 0.1) is 0 Å². The second-order valence-corrected chi connectivity index (χ2v) is 5.66. The highest BCUT2D eigenvalue weighted by Gasteiger charge is 2.20. The van der Waals surface area contributed by atoms with Gasteiger partial charge in [-0.1, -0.05) is 18.2 Å². The number of thiocarbonyl (C=S) groups is 1. The molecule has 0 spiro atoms. The van der Waals surface area contributed by atoms with Crippen LogP contribution >= 0.6 is 12.2 Å². The molecule has 2 rings (SSSR count). The third-order valence-electron chi connectivity index (χ3n) is 3.28. The lowest BCUT2D eigenvalue weighted by molar-refractivity contribution is 0.0911. The smallest absolute Gasteiger partial charge is 0.305 e. The number of hydrogen-bond acceptors (Lipinski definition) is 5. The van der Waals surface area contributed by atoms with Crippen LogP contribution in [-0.4, -0.2) is 37.9 Å². The summed E-state index contributed by atoms with van der Waals surface area (Å²) >= 11 is 5.11. The number of methoxy groups -OCH3 is 2. The molecule has 0 bridgehead atoms. The summed E-state index contributed by atoms with van der Waals surface area (Å²) in [5, 5.41) is 4.11. The van der Waals surface area contributed by atoms with Gasteiger partial charge in [0.15, 0.2) is 10.9 Å². The van der Waals surface area contributed by atoms with Crippen molar-refractivity contribution in [3.05, 3.63) is 35.6 Å². The van der Waals surface area contributed by atoms with Crippen molar-refractivity contribution >= 4 is 34.2 Å². The van der Waals surface area contributed by atoms with Gasteiger partial charge >= 0.3 is 5.91 Å². The molecule has 0 radical (unpaired) electrons. The lowest BCUT2D eigenvalue weighted by Gasteiger charge is -2.16. The maximum atomic E-state index is 12.4. The van der Waals surface area contributed by atoms with Crippen molar-refractivity contribution in [2.24, 2.45) is 0 Å². The average molecular weight is 351 g/mol. The Labute approximate surface area is 145 Å². The molecule has 3 N–H and O–H groups in total. The normalized spacial score (nSPS) is 12.0. The summed E-state index contributed by atoms with van der Waals surface area (Å²) in [6, 6.07) is 7.43. The molecular weight excluding hydrogens is 330 g/mol. The quantitative estimate of drug-likeness (QED) is 0.540. The van der Waals surface area contributed by atoms with Crippen LogP contribution in [-0.2, 0) is 16.1 Å². The Hall–Kier alpha value is -2.16. The second kappa shape index (κ2) is 8.62. The van der Waals surface area contributed by atoms with E-state index in [1.165, 1.54) is 0 Å². The molecule has 0 saturated carbocycles. The fraction of sp³-hybridized carbons (Fsp3) is 0.375. The van der Waals surface area contributed by atoms with E-state index in [9.17, 15) is 4.79 Å². The predicted octanol–water partition coefficient (Wildman–Crippen LogP) is 1.72. The van der Waals surface area contributed by atoms with E-state index in [0.29, 0.717) is 17.8 Å². The SMILES string of the molecule is COCc1c(C(=O)NNC(=S)N[C@@H](C)COC)oc2ccccc12. The van der Waals surface area contributed by atoms with Gasteiger partial charge in [0.25, 0.3) is 0 Å². The van der Waals surface area contributed by atoms with Gasteiger partial charge in [-0.15, -0.1) is 0 Å². The predicted molar refractivity (Wildman–Crippen MR) is 94.6 cm³/mol. The molecular formula is C16H21N3O4S. The highest BCUT2D eigenvalue weighted by molar-refractivity contribution is 7.80. The van der Waals surface area contributed by atoms with Gasteiger partial charge in [0.1, 0.15) is 5.58 Å². The first kappa shape index (κ1) is 18.2. The number of carbonyl (C=O) groups is 1. The topological polar surface area (TPSA) is 84.8 Å². The van der Waals surface area contributed by atoms with Crippen molar-refractivity contribution in [2.45, 2.75) is 19.6 Å². The number of nitrogens with one attached hydrogen (secondary N) is 3. The fourth-order valence-electron chi connectivity index (χ4n) is 2.29. The zero-order valence-electron chi connectivity index (χ0n) is 13.8. The van der Waals surface area contributed by atoms with Crippen LogP contribution in [0.2, 0.25) is 0 Å². The third kappa shape index (κ3) is 4.44. The minimum Gasteiger partial charge on any atom is -0.450 e. The molecule has 0 fully saturated rings. The second-order valence-electron chi connectivity index (χ2n) is 5.25. The lowest BCUT2D eigenvalue weighted by Crippen LogP contribution is -2.50. The maximum absolute atomic E-state index is 12.4. The molecule has 0 aliphatic rings. The van der Waals surface area contributed by atoms with Gasteiger partial charge < -0.3 is 19.2 Å². The molecule has 0 aliphatic carbocycles. The molecule has 0 aliphatic heterocycles. The summed E-state index contributed by atoms with van der Waals surface area (Å²) in [7, 11) is 3.17. The molecule has 8 heteroatoms. The Kier molecular flexibility index (Phi) is 6.53. The minimum atomic E-state index is -0.429. The van der Waals surface area contributed by atoms with Crippen LogP contribution in [0.15, 0.2) is 28.7 Å². The monoisotopic (exact) mass is 351 g/mol.